The first kappa shape index (κ1) is 18.3. The van der Waals surface area contributed by atoms with Gasteiger partial charge in [0.25, 0.3) is 0 Å². The zero-order chi connectivity index (χ0) is 20.3. The van der Waals surface area contributed by atoms with Gasteiger partial charge in [0.05, 0.1) is 25.3 Å². The molecular weight excluding hydrogens is 402 g/mol. The normalized spacial score (nSPS) is 13.3. The Balaban J connectivity index is 1.56. The summed E-state index contributed by atoms with van der Waals surface area (Å²) in [6.07, 6.45) is 3.40. The van der Waals surface area contributed by atoms with Crippen molar-refractivity contribution in [3.63, 3.8) is 0 Å². The van der Waals surface area contributed by atoms with Crippen molar-refractivity contribution >= 4 is 23.2 Å². The first-order valence-corrected chi connectivity index (χ1v) is 10.1. The molecule has 2 aromatic heterocycles. The standard InChI is InChI=1S/C22H17N3O4S/c1-26-17-7-5-16(6-8-17)24-22-25(18(13-30-22)19-3-2-10-27-19)23-12-15-4-9-20-21(11-15)29-14-28-20/h2-13H,14H2,1H3. The third kappa shape index (κ3) is 3.60. The second-order valence-electron chi connectivity index (χ2n) is 6.36. The van der Waals surface area contributed by atoms with E-state index in [-0.39, 0.29) is 6.79 Å². The number of thiazole rings is 1. The summed E-state index contributed by atoms with van der Waals surface area (Å²) >= 11 is 1.48. The van der Waals surface area contributed by atoms with E-state index in [1.165, 1.54) is 11.3 Å². The Morgan fingerprint density at radius 2 is 1.93 bits per heavy atom. The fourth-order valence-electron chi connectivity index (χ4n) is 2.97. The molecule has 0 unspecified atom stereocenters. The van der Waals surface area contributed by atoms with E-state index in [2.05, 4.69) is 5.10 Å². The average Bonchev–Trinajstić information content (AvgIpc) is 3.53. The van der Waals surface area contributed by atoms with Gasteiger partial charge in [-0.05, 0) is 60.2 Å². The Hall–Kier alpha value is -3.78. The van der Waals surface area contributed by atoms with Gasteiger partial charge in [0.1, 0.15) is 11.4 Å². The first-order valence-electron chi connectivity index (χ1n) is 9.17. The molecule has 2 aromatic carbocycles. The number of fused-ring (bicyclic) bond motifs is 1. The van der Waals surface area contributed by atoms with Crippen LogP contribution in [0.2, 0.25) is 0 Å². The van der Waals surface area contributed by atoms with E-state index in [1.807, 2.05) is 60.0 Å². The van der Waals surface area contributed by atoms with Crippen LogP contribution < -0.4 is 19.0 Å². The van der Waals surface area contributed by atoms with E-state index in [0.717, 1.165) is 28.4 Å². The Morgan fingerprint density at radius 3 is 2.73 bits per heavy atom. The minimum absolute atomic E-state index is 0.239. The number of methoxy groups -OCH3 is 1. The number of rotatable bonds is 5. The quantitative estimate of drug-likeness (QED) is 0.441. The van der Waals surface area contributed by atoms with Gasteiger partial charge in [-0.3, -0.25) is 0 Å². The summed E-state index contributed by atoms with van der Waals surface area (Å²) in [6.45, 7) is 0.239. The van der Waals surface area contributed by atoms with E-state index < -0.39 is 0 Å². The largest absolute Gasteiger partial charge is 0.497 e. The minimum atomic E-state index is 0.239. The van der Waals surface area contributed by atoms with Crippen LogP contribution in [0.15, 0.2) is 80.8 Å². The van der Waals surface area contributed by atoms with Crippen LogP contribution in [-0.4, -0.2) is 24.8 Å². The van der Waals surface area contributed by atoms with E-state index in [1.54, 1.807) is 24.3 Å². The lowest BCUT2D eigenvalue weighted by atomic mass is 10.2. The van der Waals surface area contributed by atoms with Gasteiger partial charge in [0.15, 0.2) is 17.3 Å². The van der Waals surface area contributed by atoms with Gasteiger partial charge >= 0.3 is 0 Å². The summed E-state index contributed by atoms with van der Waals surface area (Å²) in [5.41, 5.74) is 2.50. The lowest BCUT2D eigenvalue weighted by Crippen LogP contribution is -2.11. The molecule has 0 aliphatic carbocycles. The van der Waals surface area contributed by atoms with Gasteiger partial charge in [-0.15, -0.1) is 11.3 Å². The number of hydrogen-bond donors (Lipinski definition) is 0. The highest BCUT2D eigenvalue weighted by Gasteiger charge is 2.13. The minimum Gasteiger partial charge on any atom is -0.497 e. The van der Waals surface area contributed by atoms with Gasteiger partial charge in [0.2, 0.25) is 11.6 Å². The third-order valence-corrected chi connectivity index (χ3v) is 5.29. The number of hydrogen-bond acceptors (Lipinski definition) is 7. The SMILES string of the molecule is COc1ccc(N=c2scc(-c3ccco3)n2N=Cc2ccc3c(c2)OCO3)cc1. The molecule has 0 N–H and O–H groups in total. The van der Waals surface area contributed by atoms with Crippen molar-refractivity contribution in [2.24, 2.45) is 10.1 Å². The van der Waals surface area contributed by atoms with Crippen LogP contribution in [0.3, 0.4) is 0 Å². The van der Waals surface area contributed by atoms with Crippen LogP contribution in [0, 0.1) is 0 Å². The molecule has 0 fully saturated rings. The van der Waals surface area contributed by atoms with Crippen molar-refractivity contribution < 1.29 is 18.6 Å². The molecule has 8 heteroatoms. The molecule has 3 heterocycles. The van der Waals surface area contributed by atoms with E-state index >= 15 is 0 Å². The highest BCUT2D eigenvalue weighted by atomic mass is 32.1. The first-order chi connectivity index (χ1) is 14.8. The molecular formula is C22H17N3O4S. The van der Waals surface area contributed by atoms with Crippen molar-refractivity contribution in [1.82, 2.24) is 4.68 Å². The van der Waals surface area contributed by atoms with Crippen molar-refractivity contribution in [2.45, 2.75) is 0 Å². The number of benzene rings is 2. The Morgan fingerprint density at radius 1 is 1.07 bits per heavy atom. The van der Waals surface area contributed by atoms with E-state index in [0.29, 0.717) is 16.3 Å². The molecule has 30 heavy (non-hydrogen) atoms. The van der Waals surface area contributed by atoms with Crippen molar-refractivity contribution in [3.05, 3.63) is 76.6 Å². The fourth-order valence-corrected chi connectivity index (χ4v) is 3.80. The Bertz CT molecular complexity index is 1250. The number of ether oxygens (including phenoxy) is 3. The summed E-state index contributed by atoms with van der Waals surface area (Å²) in [7, 11) is 1.64. The Kier molecular flexibility index (Phi) is 4.82. The molecule has 0 spiro atoms. The summed E-state index contributed by atoms with van der Waals surface area (Å²) in [6, 6.07) is 17.0. The van der Waals surface area contributed by atoms with Gasteiger partial charge in [-0.25, -0.2) is 9.67 Å². The Labute approximate surface area is 176 Å². The summed E-state index contributed by atoms with van der Waals surface area (Å²) < 4.78 is 23.4. The lowest BCUT2D eigenvalue weighted by molar-refractivity contribution is 0.174. The maximum absolute atomic E-state index is 5.58. The van der Waals surface area contributed by atoms with Crippen LogP contribution in [0.25, 0.3) is 11.5 Å². The lowest BCUT2D eigenvalue weighted by Gasteiger charge is -2.02. The summed E-state index contributed by atoms with van der Waals surface area (Å²) in [5, 5.41) is 6.65. The molecule has 0 radical (unpaired) electrons. The van der Waals surface area contributed by atoms with E-state index in [9.17, 15) is 0 Å². The molecule has 4 aromatic rings. The smallest absolute Gasteiger partial charge is 0.231 e. The molecule has 0 saturated carbocycles. The van der Waals surface area contributed by atoms with E-state index in [4.69, 9.17) is 23.6 Å². The maximum atomic E-state index is 5.58. The highest BCUT2D eigenvalue weighted by molar-refractivity contribution is 7.07. The van der Waals surface area contributed by atoms with Crippen molar-refractivity contribution in [2.75, 3.05) is 13.9 Å². The zero-order valence-electron chi connectivity index (χ0n) is 16.0. The average molecular weight is 419 g/mol. The second-order valence-corrected chi connectivity index (χ2v) is 7.20. The molecule has 7 nitrogen and oxygen atoms in total. The third-order valence-electron chi connectivity index (χ3n) is 4.48. The molecule has 0 bridgehead atoms. The molecule has 1 aliphatic rings. The zero-order valence-corrected chi connectivity index (χ0v) is 16.8. The number of nitrogens with zero attached hydrogens (tertiary/aromatic N) is 3. The molecule has 0 saturated heterocycles. The molecule has 5 rings (SSSR count). The molecule has 1 aliphatic heterocycles. The summed E-state index contributed by atoms with van der Waals surface area (Å²) in [5.74, 6) is 2.95. The monoisotopic (exact) mass is 419 g/mol. The van der Waals surface area contributed by atoms with Gasteiger partial charge in [-0.2, -0.15) is 5.10 Å². The van der Waals surface area contributed by atoms with Crippen LogP contribution in [0.5, 0.6) is 17.2 Å². The van der Waals surface area contributed by atoms with Gasteiger partial charge in [-0.1, -0.05) is 0 Å². The van der Waals surface area contributed by atoms with Crippen molar-refractivity contribution in [1.29, 1.82) is 0 Å². The summed E-state index contributed by atoms with van der Waals surface area (Å²) in [4.78, 5) is 5.45. The predicted octanol–water partition coefficient (Wildman–Crippen LogP) is 4.66. The van der Waals surface area contributed by atoms with Crippen molar-refractivity contribution in [3.8, 4) is 28.7 Å². The van der Waals surface area contributed by atoms with Crippen LogP contribution >= 0.6 is 11.3 Å². The number of aromatic nitrogens is 1. The predicted molar refractivity (Wildman–Crippen MR) is 114 cm³/mol. The van der Waals surface area contributed by atoms with Crippen LogP contribution in [0.4, 0.5) is 5.69 Å². The number of furan rings is 1. The van der Waals surface area contributed by atoms with Gasteiger partial charge < -0.3 is 18.6 Å². The van der Waals surface area contributed by atoms with Crippen LogP contribution in [0.1, 0.15) is 5.56 Å². The molecule has 0 amide bonds. The second kappa shape index (κ2) is 7.92. The molecule has 0 atom stereocenters. The van der Waals surface area contributed by atoms with Gasteiger partial charge in [0, 0.05) is 5.38 Å². The molecule has 150 valence electrons. The maximum Gasteiger partial charge on any atom is 0.231 e. The topological polar surface area (TPSA) is 70.5 Å². The van der Waals surface area contributed by atoms with Crippen LogP contribution in [-0.2, 0) is 0 Å². The fraction of sp³-hybridized carbons (Fsp3) is 0.0909. The highest BCUT2D eigenvalue weighted by Crippen LogP contribution is 2.32.